The first-order chi connectivity index (χ1) is 13.0. The molecule has 2 N–H and O–H groups in total. The molecule has 0 radical (unpaired) electrons. The quantitative estimate of drug-likeness (QED) is 0.324. The molecule has 6 nitrogen and oxygen atoms in total. The minimum atomic E-state index is -0.0293. The number of likely N-dealkylation sites (N-methyl/N-ethyl adjacent to an activating group) is 1. The Bertz CT molecular complexity index is 789. The van der Waals surface area contributed by atoms with E-state index in [0.717, 1.165) is 11.3 Å². The van der Waals surface area contributed by atoms with E-state index in [1.54, 1.807) is 37.3 Å². The Kier molecular flexibility index (Phi) is 11.2. The molecule has 1 aromatic carbocycles. The van der Waals surface area contributed by atoms with Crippen LogP contribution in [0.3, 0.4) is 0 Å². The number of pyridine rings is 1. The Morgan fingerprint density at radius 1 is 1.21 bits per heavy atom. The van der Waals surface area contributed by atoms with Crippen LogP contribution in [0.2, 0.25) is 10.0 Å². The number of amides is 1. The van der Waals surface area contributed by atoms with Gasteiger partial charge >= 0.3 is 0 Å². The van der Waals surface area contributed by atoms with Crippen LogP contribution >= 0.6 is 47.2 Å². The van der Waals surface area contributed by atoms with Crippen LogP contribution in [0.15, 0.2) is 47.6 Å². The summed E-state index contributed by atoms with van der Waals surface area (Å²) in [7, 11) is 3.42. The van der Waals surface area contributed by atoms with Gasteiger partial charge in [0.2, 0.25) is 5.91 Å². The summed E-state index contributed by atoms with van der Waals surface area (Å²) in [5, 5.41) is 7.31. The Labute approximate surface area is 192 Å². The van der Waals surface area contributed by atoms with Crippen molar-refractivity contribution in [2.24, 2.45) is 4.99 Å². The zero-order valence-electron chi connectivity index (χ0n) is 15.8. The average Bonchev–Trinajstić information content (AvgIpc) is 2.68. The molecule has 2 aromatic rings. The maximum absolute atomic E-state index is 12.3. The zero-order chi connectivity index (χ0) is 19.6. The van der Waals surface area contributed by atoms with Gasteiger partial charge in [0.25, 0.3) is 0 Å². The standard InChI is InChI=1S/C19H23Cl2N5O.HI/c1-22-19(24-12-14-6-7-15(20)11-17(14)21)25-13-18(27)26(2)10-8-16-5-3-4-9-23-16;/h3-7,9,11H,8,10,12-13H2,1-2H3,(H2,22,24,25);1H. The van der Waals surface area contributed by atoms with Gasteiger partial charge in [0.05, 0.1) is 6.54 Å². The van der Waals surface area contributed by atoms with Crippen molar-refractivity contribution in [1.82, 2.24) is 20.5 Å². The third-order valence-corrected chi connectivity index (χ3v) is 4.53. The van der Waals surface area contributed by atoms with E-state index in [9.17, 15) is 4.79 Å². The Morgan fingerprint density at radius 3 is 2.64 bits per heavy atom. The zero-order valence-corrected chi connectivity index (χ0v) is 19.6. The Hall–Kier alpha value is -1.58. The lowest BCUT2D eigenvalue weighted by molar-refractivity contribution is -0.128. The summed E-state index contributed by atoms with van der Waals surface area (Å²) in [5.41, 5.74) is 1.85. The molecule has 0 saturated heterocycles. The normalized spacial score (nSPS) is 10.8. The predicted octanol–water partition coefficient (Wildman–Crippen LogP) is 3.37. The molecule has 2 rings (SSSR count). The van der Waals surface area contributed by atoms with E-state index < -0.39 is 0 Å². The molecule has 152 valence electrons. The van der Waals surface area contributed by atoms with E-state index in [-0.39, 0.29) is 36.4 Å². The number of guanidine groups is 1. The highest BCUT2D eigenvalue weighted by molar-refractivity contribution is 14.0. The third-order valence-electron chi connectivity index (χ3n) is 3.95. The summed E-state index contributed by atoms with van der Waals surface area (Å²) in [6.07, 6.45) is 2.46. The molecule has 0 bridgehead atoms. The lowest BCUT2D eigenvalue weighted by Gasteiger charge is -2.18. The van der Waals surface area contributed by atoms with Gasteiger partial charge in [-0.25, -0.2) is 0 Å². The smallest absolute Gasteiger partial charge is 0.241 e. The molecule has 28 heavy (non-hydrogen) atoms. The highest BCUT2D eigenvalue weighted by Crippen LogP contribution is 2.20. The number of carbonyl (C=O) groups is 1. The third kappa shape index (κ3) is 8.20. The van der Waals surface area contributed by atoms with E-state index >= 15 is 0 Å². The van der Waals surface area contributed by atoms with Crippen molar-refractivity contribution in [1.29, 1.82) is 0 Å². The van der Waals surface area contributed by atoms with Crippen molar-refractivity contribution in [3.05, 3.63) is 63.9 Å². The molecule has 0 saturated carbocycles. The molecule has 1 amide bonds. The number of carbonyl (C=O) groups excluding carboxylic acids is 1. The van der Waals surface area contributed by atoms with Crippen molar-refractivity contribution in [2.75, 3.05) is 27.2 Å². The van der Waals surface area contributed by atoms with Crippen molar-refractivity contribution < 1.29 is 4.79 Å². The van der Waals surface area contributed by atoms with Gasteiger partial charge in [0.15, 0.2) is 5.96 Å². The van der Waals surface area contributed by atoms with Crippen LogP contribution in [0.4, 0.5) is 0 Å². The largest absolute Gasteiger partial charge is 0.352 e. The van der Waals surface area contributed by atoms with Crippen LogP contribution in [-0.2, 0) is 17.8 Å². The fourth-order valence-electron chi connectivity index (χ4n) is 2.31. The number of hydrogen-bond acceptors (Lipinski definition) is 3. The minimum absolute atomic E-state index is 0. The van der Waals surface area contributed by atoms with Gasteiger partial charge in [-0.15, -0.1) is 24.0 Å². The van der Waals surface area contributed by atoms with Crippen LogP contribution < -0.4 is 10.6 Å². The Morgan fingerprint density at radius 2 is 2.00 bits per heavy atom. The number of aliphatic imine (C=N–C) groups is 1. The van der Waals surface area contributed by atoms with Gasteiger partial charge < -0.3 is 15.5 Å². The van der Waals surface area contributed by atoms with Gasteiger partial charge in [0.1, 0.15) is 0 Å². The van der Waals surface area contributed by atoms with Crippen LogP contribution in [0.25, 0.3) is 0 Å². The first kappa shape index (κ1) is 24.5. The average molecular weight is 536 g/mol. The highest BCUT2D eigenvalue weighted by atomic mass is 127. The van der Waals surface area contributed by atoms with Gasteiger partial charge in [0, 0.05) is 55.5 Å². The van der Waals surface area contributed by atoms with Crippen molar-refractivity contribution in [3.63, 3.8) is 0 Å². The van der Waals surface area contributed by atoms with E-state index in [1.807, 2.05) is 24.3 Å². The number of benzene rings is 1. The topological polar surface area (TPSA) is 69.6 Å². The summed E-state index contributed by atoms with van der Waals surface area (Å²) in [6, 6.07) is 11.1. The predicted molar refractivity (Wildman–Crippen MR) is 126 cm³/mol. The van der Waals surface area contributed by atoms with Gasteiger partial charge in [-0.3, -0.25) is 14.8 Å². The summed E-state index contributed by atoms with van der Waals surface area (Å²) < 4.78 is 0. The second-order valence-corrected chi connectivity index (χ2v) is 6.75. The van der Waals surface area contributed by atoms with E-state index in [4.69, 9.17) is 23.2 Å². The van der Waals surface area contributed by atoms with E-state index in [0.29, 0.717) is 35.5 Å². The SMILES string of the molecule is CN=C(NCC(=O)N(C)CCc1ccccn1)NCc1ccc(Cl)cc1Cl.I. The minimum Gasteiger partial charge on any atom is -0.352 e. The van der Waals surface area contributed by atoms with Crippen LogP contribution in [0, 0.1) is 0 Å². The van der Waals surface area contributed by atoms with Gasteiger partial charge in [-0.05, 0) is 29.8 Å². The summed E-state index contributed by atoms with van der Waals surface area (Å²) in [6.45, 7) is 1.22. The molecule has 9 heteroatoms. The molecule has 0 spiro atoms. The maximum Gasteiger partial charge on any atom is 0.241 e. The molecule has 0 atom stereocenters. The maximum atomic E-state index is 12.3. The number of nitrogens with zero attached hydrogens (tertiary/aromatic N) is 3. The summed E-state index contributed by atoms with van der Waals surface area (Å²) in [4.78, 5) is 22.3. The fourth-order valence-corrected chi connectivity index (χ4v) is 2.79. The van der Waals surface area contributed by atoms with Crippen molar-refractivity contribution in [2.45, 2.75) is 13.0 Å². The lowest BCUT2D eigenvalue weighted by Crippen LogP contribution is -2.43. The van der Waals surface area contributed by atoms with Gasteiger partial charge in [-0.2, -0.15) is 0 Å². The fraction of sp³-hybridized carbons (Fsp3) is 0.316. The number of rotatable bonds is 7. The molecule has 0 aliphatic rings. The molecule has 1 heterocycles. The molecule has 0 fully saturated rings. The molecule has 1 aromatic heterocycles. The molecular weight excluding hydrogens is 512 g/mol. The number of hydrogen-bond donors (Lipinski definition) is 2. The molecular formula is C19H24Cl2IN5O. The first-order valence-corrected chi connectivity index (χ1v) is 9.27. The number of nitrogens with one attached hydrogen (secondary N) is 2. The second kappa shape index (κ2) is 12.8. The van der Waals surface area contributed by atoms with Gasteiger partial charge in [-0.1, -0.05) is 35.3 Å². The van der Waals surface area contributed by atoms with E-state index in [1.165, 1.54) is 0 Å². The number of halogens is 3. The summed E-state index contributed by atoms with van der Waals surface area (Å²) >= 11 is 12.1. The highest BCUT2D eigenvalue weighted by Gasteiger charge is 2.10. The van der Waals surface area contributed by atoms with Crippen LogP contribution in [-0.4, -0.2) is 48.9 Å². The number of aromatic nitrogens is 1. The second-order valence-electron chi connectivity index (χ2n) is 5.90. The molecule has 0 unspecified atom stereocenters. The van der Waals surface area contributed by atoms with Crippen LogP contribution in [0.5, 0.6) is 0 Å². The van der Waals surface area contributed by atoms with Crippen molar-refractivity contribution >= 4 is 59.0 Å². The molecule has 0 aliphatic carbocycles. The lowest BCUT2D eigenvalue weighted by atomic mass is 10.2. The Balaban J connectivity index is 0.00000392. The summed E-state index contributed by atoms with van der Waals surface area (Å²) in [5.74, 6) is 0.492. The van der Waals surface area contributed by atoms with E-state index in [2.05, 4.69) is 20.6 Å². The first-order valence-electron chi connectivity index (χ1n) is 8.52. The van der Waals surface area contributed by atoms with Crippen LogP contribution in [0.1, 0.15) is 11.3 Å². The molecule has 0 aliphatic heterocycles. The monoisotopic (exact) mass is 535 g/mol. The van der Waals surface area contributed by atoms with Crippen molar-refractivity contribution in [3.8, 4) is 0 Å².